The SMILES string of the molecule is CC(C)CCc1ccc(Cc2nn(-c3cccc(-n4ncc5cc(C(C)(C)C)ccc5c4=O)c3CO)cc2C#N)cc1. The normalized spacial score (nSPS) is 11.8. The van der Waals surface area contributed by atoms with Crippen LogP contribution in [0, 0.1) is 17.2 Å². The number of aliphatic hydroxyl groups excluding tert-OH is 1. The predicted molar refractivity (Wildman–Crippen MR) is 166 cm³/mol. The van der Waals surface area contributed by atoms with Crippen LogP contribution in [0.25, 0.3) is 22.1 Å². The first-order valence-corrected chi connectivity index (χ1v) is 14.4. The minimum Gasteiger partial charge on any atom is -0.392 e. The average molecular weight is 560 g/mol. The third-order valence-corrected chi connectivity index (χ3v) is 7.73. The van der Waals surface area contributed by atoms with E-state index in [1.807, 2.05) is 24.3 Å². The number of aryl methyl sites for hydroxylation is 1. The lowest BCUT2D eigenvalue weighted by molar-refractivity contribution is 0.280. The van der Waals surface area contributed by atoms with Gasteiger partial charge in [0.1, 0.15) is 6.07 Å². The molecule has 7 heteroatoms. The fraction of sp³-hybridized carbons (Fsp3) is 0.314. The topological polar surface area (TPSA) is 96.7 Å². The largest absolute Gasteiger partial charge is 0.392 e. The zero-order valence-corrected chi connectivity index (χ0v) is 24.9. The maximum atomic E-state index is 13.6. The van der Waals surface area contributed by atoms with E-state index < -0.39 is 0 Å². The first-order chi connectivity index (χ1) is 20.1. The van der Waals surface area contributed by atoms with Crippen LogP contribution < -0.4 is 5.56 Å². The molecule has 0 saturated carbocycles. The molecule has 0 atom stereocenters. The van der Waals surface area contributed by atoms with E-state index in [4.69, 9.17) is 5.10 Å². The van der Waals surface area contributed by atoms with Gasteiger partial charge in [-0.05, 0) is 65.1 Å². The van der Waals surface area contributed by atoms with Crippen LogP contribution in [0.15, 0.2) is 77.9 Å². The lowest BCUT2D eigenvalue weighted by atomic mass is 9.86. The molecule has 2 aromatic heterocycles. The molecule has 42 heavy (non-hydrogen) atoms. The molecule has 0 fully saturated rings. The Labute approximate surface area is 246 Å². The van der Waals surface area contributed by atoms with E-state index in [1.54, 1.807) is 29.2 Å². The fourth-order valence-corrected chi connectivity index (χ4v) is 5.16. The standard InChI is InChI=1S/C35H37N5O2/c1-23(2)9-10-24-11-13-25(14-12-24)17-31-27(19-36)21-39(38-31)32-7-6-8-33(30(32)22-41)40-34(42)29-16-15-28(35(3,4)5)18-26(29)20-37-40/h6-8,11-16,18,20-21,23,41H,9-10,17,22H2,1-5H3. The van der Waals surface area contributed by atoms with Gasteiger partial charge in [-0.15, -0.1) is 0 Å². The molecule has 0 aliphatic carbocycles. The summed E-state index contributed by atoms with van der Waals surface area (Å²) in [5.74, 6) is 0.659. The quantitative estimate of drug-likeness (QED) is 0.237. The zero-order valence-electron chi connectivity index (χ0n) is 24.9. The number of nitrogens with zero attached hydrogens (tertiary/aromatic N) is 5. The molecule has 0 amide bonds. The van der Waals surface area contributed by atoms with E-state index in [2.05, 4.69) is 70.1 Å². The van der Waals surface area contributed by atoms with E-state index in [9.17, 15) is 15.2 Å². The highest BCUT2D eigenvalue weighted by molar-refractivity contribution is 5.82. The average Bonchev–Trinajstić information content (AvgIpc) is 3.38. The number of fused-ring (bicyclic) bond motifs is 1. The molecular formula is C35H37N5O2. The van der Waals surface area contributed by atoms with E-state index in [1.165, 1.54) is 10.2 Å². The van der Waals surface area contributed by atoms with Crippen LogP contribution in [0.4, 0.5) is 0 Å². The summed E-state index contributed by atoms with van der Waals surface area (Å²) < 4.78 is 2.94. The molecule has 2 heterocycles. The lowest BCUT2D eigenvalue weighted by Crippen LogP contribution is -2.23. The Morgan fingerprint density at radius 2 is 1.71 bits per heavy atom. The second-order valence-corrected chi connectivity index (χ2v) is 12.3. The van der Waals surface area contributed by atoms with Crippen molar-refractivity contribution in [2.45, 2.75) is 65.9 Å². The maximum Gasteiger partial charge on any atom is 0.279 e. The second kappa shape index (κ2) is 11.8. The van der Waals surface area contributed by atoms with Gasteiger partial charge in [0.2, 0.25) is 0 Å². The highest BCUT2D eigenvalue weighted by atomic mass is 16.3. The number of rotatable bonds is 8. The number of nitriles is 1. The van der Waals surface area contributed by atoms with E-state index in [-0.39, 0.29) is 17.6 Å². The van der Waals surface area contributed by atoms with Crippen molar-refractivity contribution in [3.8, 4) is 17.4 Å². The van der Waals surface area contributed by atoms with Crippen LogP contribution >= 0.6 is 0 Å². The first-order valence-electron chi connectivity index (χ1n) is 14.4. The molecule has 0 saturated heterocycles. The van der Waals surface area contributed by atoms with Crippen molar-refractivity contribution in [2.75, 3.05) is 0 Å². The summed E-state index contributed by atoms with van der Waals surface area (Å²) in [6.45, 7) is 10.5. The molecule has 0 spiro atoms. The number of hydrogen-bond acceptors (Lipinski definition) is 5. The van der Waals surface area contributed by atoms with Crippen LogP contribution in [-0.4, -0.2) is 24.7 Å². The van der Waals surface area contributed by atoms with Gasteiger partial charge in [-0.2, -0.15) is 20.1 Å². The van der Waals surface area contributed by atoms with Crippen LogP contribution in [0.2, 0.25) is 0 Å². The van der Waals surface area contributed by atoms with Gasteiger partial charge >= 0.3 is 0 Å². The van der Waals surface area contributed by atoms with Crippen LogP contribution in [0.1, 0.15) is 74.6 Å². The van der Waals surface area contributed by atoms with Gasteiger partial charge in [-0.1, -0.05) is 71.0 Å². The van der Waals surface area contributed by atoms with Crippen molar-refractivity contribution >= 4 is 10.8 Å². The molecule has 5 aromatic rings. The molecule has 5 rings (SSSR count). The summed E-state index contributed by atoms with van der Waals surface area (Å²) in [6, 6.07) is 21.9. The summed E-state index contributed by atoms with van der Waals surface area (Å²) in [7, 11) is 0. The molecule has 0 unspecified atom stereocenters. The maximum absolute atomic E-state index is 13.6. The highest BCUT2D eigenvalue weighted by Gasteiger charge is 2.19. The molecule has 0 bridgehead atoms. The Kier molecular flexibility index (Phi) is 8.11. The lowest BCUT2D eigenvalue weighted by Gasteiger charge is -2.19. The number of hydrogen-bond donors (Lipinski definition) is 1. The van der Waals surface area contributed by atoms with Crippen molar-refractivity contribution in [3.63, 3.8) is 0 Å². The zero-order chi connectivity index (χ0) is 30.0. The van der Waals surface area contributed by atoms with Crippen molar-refractivity contribution < 1.29 is 5.11 Å². The van der Waals surface area contributed by atoms with Gasteiger partial charge in [0, 0.05) is 23.6 Å². The third kappa shape index (κ3) is 5.90. The minimum absolute atomic E-state index is 0.0523. The van der Waals surface area contributed by atoms with Gasteiger partial charge in [0.05, 0.1) is 40.8 Å². The Hall–Kier alpha value is -4.54. The molecule has 214 valence electrons. The van der Waals surface area contributed by atoms with Crippen LogP contribution in [-0.2, 0) is 24.9 Å². The van der Waals surface area contributed by atoms with Crippen LogP contribution in [0.3, 0.4) is 0 Å². The molecule has 1 N–H and O–H groups in total. The summed E-state index contributed by atoms with van der Waals surface area (Å²) in [4.78, 5) is 13.6. The molecule has 7 nitrogen and oxygen atoms in total. The number of aromatic nitrogens is 4. The third-order valence-electron chi connectivity index (χ3n) is 7.73. The van der Waals surface area contributed by atoms with Crippen molar-refractivity contribution in [1.29, 1.82) is 5.26 Å². The van der Waals surface area contributed by atoms with E-state index in [0.717, 1.165) is 29.4 Å². The molecule has 0 aliphatic rings. The first kappa shape index (κ1) is 29.0. The van der Waals surface area contributed by atoms with Gasteiger partial charge in [-0.3, -0.25) is 4.79 Å². The van der Waals surface area contributed by atoms with E-state index >= 15 is 0 Å². The van der Waals surface area contributed by atoms with Crippen molar-refractivity contribution in [3.05, 3.63) is 117 Å². The molecule has 3 aromatic carbocycles. The molecular weight excluding hydrogens is 522 g/mol. The van der Waals surface area contributed by atoms with Crippen molar-refractivity contribution in [2.24, 2.45) is 5.92 Å². The summed E-state index contributed by atoms with van der Waals surface area (Å²) >= 11 is 0. The highest BCUT2D eigenvalue weighted by Crippen LogP contribution is 2.26. The summed E-state index contributed by atoms with van der Waals surface area (Å²) in [6.07, 6.45) is 6.07. The van der Waals surface area contributed by atoms with Gasteiger partial charge in [0.25, 0.3) is 5.56 Å². The monoisotopic (exact) mass is 559 g/mol. The Morgan fingerprint density at radius 1 is 1.00 bits per heavy atom. The smallest absolute Gasteiger partial charge is 0.279 e. The second-order valence-electron chi connectivity index (χ2n) is 12.3. The number of aliphatic hydroxyl groups is 1. The Balaban J connectivity index is 1.50. The van der Waals surface area contributed by atoms with E-state index in [0.29, 0.717) is 45.9 Å². The number of benzene rings is 3. The van der Waals surface area contributed by atoms with Crippen LogP contribution in [0.5, 0.6) is 0 Å². The van der Waals surface area contributed by atoms with Gasteiger partial charge < -0.3 is 5.11 Å². The Bertz CT molecular complexity index is 1830. The van der Waals surface area contributed by atoms with Crippen molar-refractivity contribution in [1.82, 2.24) is 19.6 Å². The van der Waals surface area contributed by atoms with Gasteiger partial charge in [0.15, 0.2) is 0 Å². The molecule has 0 radical (unpaired) electrons. The predicted octanol–water partition coefficient (Wildman–Crippen LogP) is 6.41. The minimum atomic E-state index is -0.338. The molecule has 0 aliphatic heterocycles. The van der Waals surface area contributed by atoms with Gasteiger partial charge in [-0.25, -0.2) is 4.68 Å². The summed E-state index contributed by atoms with van der Waals surface area (Å²) in [5, 5.41) is 30.9. The Morgan fingerprint density at radius 3 is 2.38 bits per heavy atom. The summed E-state index contributed by atoms with van der Waals surface area (Å²) in [5.41, 5.74) is 5.83. The fourth-order valence-electron chi connectivity index (χ4n) is 5.16.